The van der Waals surface area contributed by atoms with Crippen molar-refractivity contribution in [2.24, 2.45) is 17.8 Å². The molecule has 0 unspecified atom stereocenters. The van der Waals surface area contributed by atoms with Crippen LogP contribution in [0.1, 0.15) is 94.6 Å². The monoisotopic (exact) mass is 590 g/mol. The second-order valence-corrected chi connectivity index (χ2v) is 12.4. The molecule has 3 aliphatic rings. The molecular weight excluding hydrogens is 548 g/mol. The lowest BCUT2D eigenvalue weighted by molar-refractivity contribution is -0.142. The molecule has 8 bridgehead atoms. The van der Waals surface area contributed by atoms with Gasteiger partial charge in [-0.15, -0.1) is 0 Å². The van der Waals surface area contributed by atoms with Gasteiger partial charge in [-0.2, -0.15) is 0 Å². The van der Waals surface area contributed by atoms with E-state index in [0.717, 1.165) is 79.1 Å². The lowest BCUT2D eigenvalue weighted by atomic mass is 9.85. The number of aromatic nitrogens is 3. The van der Waals surface area contributed by atoms with Gasteiger partial charge >= 0.3 is 5.97 Å². The normalized spacial score (nSPS) is 24.5. The smallest absolute Gasteiger partial charge is 0.306 e. The number of aromatic amines is 3. The van der Waals surface area contributed by atoms with Crippen LogP contribution in [0, 0.1) is 38.5 Å². The summed E-state index contributed by atoms with van der Waals surface area (Å²) in [5.74, 6) is -0.347. The summed E-state index contributed by atoms with van der Waals surface area (Å²) in [6.45, 7) is 20.6. The number of Topliss-reactive ketones (excluding diaryl/α,β-unsaturated/α-hetero) is 1. The number of ether oxygens (including phenoxy) is 1. The van der Waals surface area contributed by atoms with Gasteiger partial charge < -0.3 is 25.0 Å². The molecule has 5 heterocycles. The SMILES string of the molecule is C=CCOC(=O)CC[C@@H]1/C2=C3/c4[nH]c(c(C)c4C(=O)[C@@H]3C)/C=c3\[nH]/c(c(C)c3CC)=C\c3[nH]c(c(C)c3C=C)/C=C(\N2)[C@H]1C. The molecule has 228 valence electrons. The molecule has 4 N–H and O–H groups in total. The fraction of sp³-hybridized carbons (Fsp3) is 0.351. The van der Waals surface area contributed by atoms with E-state index in [0.29, 0.717) is 6.42 Å². The van der Waals surface area contributed by atoms with E-state index >= 15 is 0 Å². The summed E-state index contributed by atoms with van der Waals surface area (Å²) in [7, 11) is 0. The van der Waals surface area contributed by atoms with E-state index in [2.05, 4.69) is 79.3 Å². The van der Waals surface area contributed by atoms with Gasteiger partial charge in [0.15, 0.2) is 5.78 Å². The molecule has 0 radical (unpaired) electrons. The predicted octanol–water partition coefficient (Wildman–Crippen LogP) is 5.72. The summed E-state index contributed by atoms with van der Waals surface area (Å²) >= 11 is 0. The van der Waals surface area contributed by atoms with Crippen molar-refractivity contribution < 1.29 is 14.3 Å². The van der Waals surface area contributed by atoms with Gasteiger partial charge in [0.1, 0.15) is 6.61 Å². The standard InChI is InChI=1S/C37H42N4O3/c1-9-14-44-32(42)13-12-25-20(6)28-15-26-18(4)23(10-2)30(38-26)16-27-19(5)24(11-3)31(39-27)17-29-21(7)34-36(41-29)33(35(25)40-28)22(8)37(34)43/h9-10,15-17,20,22,25,38-41H,1-2,11-14H2,3-8H3/b27-16-,28-15-,31-17-,35-33-/t20-,22+,25-/m0/s1. The van der Waals surface area contributed by atoms with Gasteiger partial charge in [-0.3, -0.25) is 9.59 Å². The largest absolute Gasteiger partial charge is 0.461 e. The highest BCUT2D eigenvalue weighted by atomic mass is 16.5. The van der Waals surface area contributed by atoms with E-state index in [1.807, 2.05) is 19.9 Å². The van der Waals surface area contributed by atoms with Crippen LogP contribution in [-0.2, 0) is 16.0 Å². The third-order valence-electron chi connectivity index (χ3n) is 9.94. The van der Waals surface area contributed by atoms with Gasteiger partial charge in [-0.25, -0.2) is 0 Å². The zero-order valence-electron chi connectivity index (χ0n) is 26.6. The summed E-state index contributed by atoms with van der Waals surface area (Å²) in [5, 5.41) is 5.85. The highest BCUT2D eigenvalue weighted by molar-refractivity contribution is 6.15. The van der Waals surface area contributed by atoms with Crippen LogP contribution in [0.2, 0.25) is 0 Å². The van der Waals surface area contributed by atoms with Crippen LogP contribution in [0.15, 0.2) is 30.6 Å². The predicted molar refractivity (Wildman–Crippen MR) is 177 cm³/mol. The highest BCUT2D eigenvalue weighted by Crippen LogP contribution is 2.47. The van der Waals surface area contributed by atoms with Crippen molar-refractivity contribution in [3.05, 3.63) is 97.5 Å². The molecule has 3 atom stereocenters. The lowest BCUT2D eigenvalue weighted by Gasteiger charge is -2.19. The maximum atomic E-state index is 13.8. The van der Waals surface area contributed by atoms with Crippen molar-refractivity contribution in [3.8, 4) is 0 Å². The molecule has 0 amide bonds. The molecule has 6 rings (SSSR count). The van der Waals surface area contributed by atoms with Crippen molar-refractivity contribution >= 4 is 41.6 Å². The maximum Gasteiger partial charge on any atom is 0.306 e. The van der Waals surface area contributed by atoms with Crippen LogP contribution in [-0.4, -0.2) is 33.3 Å². The molecular formula is C37H42N4O3. The Labute approximate surface area is 258 Å². The summed E-state index contributed by atoms with van der Waals surface area (Å²) < 4.78 is 5.32. The van der Waals surface area contributed by atoms with Crippen molar-refractivity contribution in [1.29, 1.82) is 0 Å². The maximum absolute atomic E-state index is 13.8. The van der Waals surface area contributed by atoms with E-state index in [-0.39, 0.29) is 42.5 Å². The molecule has 2 aliphatic heterocycles. The Morgan fingerprint density at radius 3 is 2.39 bits per heavy atom. The summed E-state index contributed by atoms with van der Waals surface area (Å²) in [6, 6.07) is 0. The Bertz CT molecular complexity index is 1920. The Kier molecular flexibility index (Phi) is 7.52. The summed E-state index contributed by atoms with van der Waals surface area (Å²) in [5.41, 5.74) is 13.2. The zero-order chi connectivity index (χ0) is 31.4. The summed E-state index contributed by atoms with van der Waals surface area (Å²) in [4.78, 5) is 37.4. The van der Waals surface area contributed by atoms with E-state index < -0.39 is 0 Å². The minimum Gasteiger partial charge on any atom is -0.461 e. The van der Waals surface area contributed by atoms with Crippen LogP contribution in [0.25, 0.3) is 29.9 Å². The Morgan fingerprint density at radius 2 is 1.68 bits per heavy atom. The van der Waals surface area contributed by atoms with Crippen LogP contribution in [0.3, 0.4) is 0 Å². The third-order valence-corrected chi connectivity index (χ3v) is 9.94. The fourth-order valence-electron chi connectivity index (χ4n) is 7.38. The van der Waals surface area contributed by atoms with Crippen LogP contribution in [0.5, 0.6) is 0 Å². The summed E-state index contributed by atoms with van der Waals surface area (Å²) in [6.07, 6.45) is 11.7. The Balaban J connectivity index is 1.63. The first-order valence-corrected chi connectivity index (χ1v) is 15.6. The molecule has 7 heteroatoms. The number of esters is 1. The van der Waals surface area contributed by atoms with Crippen LogP contribution >= 0.6 is 0 Å². The first-order chi connectivity index (χ1) is 21.1. The number of allylic oxidation sites excluding steroid dienone is 3. The van der Waals surface area contributed by atoms with Gasteiger partial charge in [0.05, 0.1) is 5.69 Å². The first kappa shape index (κ1) is 29.5. The Hall–Kier alpha value is -4.52. The third kappa shape index (κ3) is 4.57. The quantitative estimate of drug-likeness (QED) is 0.209. The van der Waals surface area contributed by atoms with Crippen molar-refractivity contribution in [2.75, 3.05) is 6.61 Å². The van der Waals surface area contributed by atoms with E-state index in [9.17, 15) is 9.59 Å². The zero-order valence-corrected chi connectivity index (χ0v) is 26.6. The van der Waals surface area contributed by atoms with E-state index in [1.54, 1.807) is 6.08 Å². The van der Waals surface area contributed by atoms with Crippen molar-refractivity contribution in [2.45, 2.75) is 60.8 Å². The number of carbonyl (C=O) groups excluding carboxylic acids is 2. The highest BCUT2D eigenvalue weighted by Gasteiger charge is 2.43. The molecule has 3 aromatic rings. The topological polar surface area (TPSA) is 103 Å². The fourth-order valence-corrected chi connectivity index (χ4v) is 7.38. The second-order valence-electron chi connectivity index (χ2n) is 12.4. The molecule has 44 heavy (non-hydrogen) atoms. The number of nitrogens with one attached hydrogen (secondary N) is 4. The molecule has 1 fully saturated rings. The van der Waals surface area contributed by atoms with E-state index in [4.69, 9.17) is 4.74 Å². The van der Waals surface area contributed by atoms with Gasteiger partial charge in [0.2, 0.25) is 0 Å². The van der Waals surface area contributed by atoms with Gasteiger partial charge in [-0.05, 0) is 74.1 Å². The van der Waals surface area contributed by atoms with E-state index in [1.165, 1.54) is 11.1 Å². The van der Waals surface area contributed by atoms with Gasteiger partial charge in [0, 0.05) is 80.0 Å². The molecule has 0 spiro atoms. The number of ketones is 1. The molecule has 0 aromatic carbocycles. The molecule has 0 saturated carbocycles. The minimum atomic E-state index is -0.307. The van der Waals surface area contributed by atoms with Crippen molar-refractivity contribution in [3.63, 3.8) is 0 Å². The minimum absolute atomic E-state index is 0.000475. The van der Waals surface area contributed by atoms with Crippen LogP contribution in [0.4, 0.5) is 0 Å². The molecule has 7 nitrogen and oxygen atoms in total. The van der Waals surface area contributed by atoms with Gasteiger partial charge in [-0.1, -0.05) is 46.1 Å². The number of hydrogen-bond acceptors (Lipinski definition) is 4. The average Bonchev–Trinajstić information content (AvgIpc) is 3.72. The lowest BCUT2D eigenvalue weighted by Crippen LogP contribution is -2.16. The number of carbonyl (C=O) groups is 2. The molecule has 1 saturated heterocycles. The number of rotatable bonds is 7. The average molecular weight is 591 g/mol. The Morgan fingerprint density at radius 1 is 0.955 bits per heavy atom. The number of H-pyrrole nitrogens is 3. The number of hydrogen-bond donors (Lipinski definition) is 4. The van der Waals surface area contributed by atoms with Crippen molar-refractivity contribution in [1.82, 2.24) is 20.3 Å². The first-order valence-electron chi connectivity index (χ1n) is 15.6. The molecule has 1 aliphatic carbocycles. The molecule has 3 aromatic heterocycles. The number of fused-ring (bicyclic) bond motifs is 7. The van der Waals surface area contributed by atoms with Crippen LogP contribution < -0.4 is 16.0 Å². The second kappa shape index (κ2) is 11.2. The van der Waals surface area contributed by atoms with Gasteiger partial charge in [0.25, 0.3) is 0 Å².